The zero-order valence-corrected chi connectivity index (χ0v) is 10.9. The maximum atomic E-state index is 12.0. The van der Waals surface area contributed by atoms with E-state index in [1.807, 2.05) is 0 Å². The first-order valence-corrected chi connectivity index (χ1v) is 6.35. The van der Waals surface area contributed by atoms with E-state index in [2.05, 4.69) is 9.64 Å². The minimum absolute atomic E-state index is 0.0246. The first-order valence-electron chi connectivity index (χ1n) is 6.35. The number of rotatable bonds is 4. The van der Waals surface area contributed by atoms with Gasteiger partial charge < -0.3 is 15.2 Å². The molecule has 7 heteroatoms. The highest BCUT2D eigenvalue weighted by Gasteiger charge is 2.31. The summed E-state index contributed by atoms with van der Waals surface area (Å²) in [5.41, 5.74) is 6.49. The minimum atomic E-state index is -4.65. The van der Waals surface area contributed by atoms with E-state index in [4.69, 9.17) is 10.5 Å². The Hall–Kier alpha value is -1.31. The molecule has 0 saturated carbocycles. The van der Waals surface area contributed by atoms with Crippen molar-refractivity contribution in [3.63, 3.8) is 0 Å². The van der Waals surface area contributed by atoms with Crippen LogP contribution in [0.2, 0.25) is 0 Å². The molecule has 1 heterocycles. The van der Waals surface area contributed by atoms with Gasteiger partial charge in [-0.2, -0.15) is 0 Å². The maximum absolute atomic E-state index is 12.0. The monoisotopic (exact) mass is 290 g/mol. The molecule has 0 amide bonds. The minimum Gasteiger partial charge on any atom is -0.406 e. The van der Waals surface area contributed by atoms with Gasteiger partial charge in [-0.3, -0.25) is 4.90 Å². The molecule has 0 aromatic heterocycles. The molecule has 1 aromatic carbocycles. The number of hydrogen-bond donors (Lipinski definition) is 1. The molecular weight excluding hydrogens is 273 g/mol. The second-order valence-corrected chi connectivity index (χ2v) is 4.66. The normalized spacial score (nSPS) is 20.9. The van der Waals surface area contributed by atoms with Gasteiger partial charge >= 0.3 is 6.36 Å². The highest BCUT2D eigenvalue weighted by atomic mass is 19.4. The van der Waals surface area contributed by atoms with Gasteiger partial charge in [-0.1, -0.05) is 12.1 Å². The van der Waals surface area contributed by atoms with Crippen LogP contribution in [0.5, 0.6) is 5.75 Å². The topological polar surface area (TPSA) is 47.7 Å². The van der Waals surface area contributed by atoms with Crippen LogP contribution in [0.4, 0.5) is 13.2 Å². The van der Waals surface area contributed by atoms with Crippen molar-refractivity contribution in [1.29, 1.82) is 0 Å². The lowest BCUT2D eigenvalue weighted by molar-refractivity contribution is -0.274. The number of nitrogens with zero attached hydrogens (tertiary/aromatic N) is 1. The Morgan fingerprint density at radius 1 is 1.30 bits per heavy atom. The molecular formula is C13H17F3N2O2. The van der Waals surface area contributed by atoms with Crippen molar-refractivity contribution >= 4 is 0 Å². The highest BCUT2D eigenvalue weighted by Crippen LogP contribution is 2.23. The van der Waals surface area contributed by atoms with E-state index in [9.17, 15) is 13.2 Å². The standard InChI is InChI=1S/C13H17F3N2O2/c14-13(15,16)20-11-3-1-10(2-4-11)8-18-5-6-19-12(7-17)9-18/h1-4,12H,5-9,17H2. The molecule has 112 valence electrons. The van der Waals surface area contributed by atoms with Crippen molar-refractivity contribution in [3.8, 4) is 5.75 Å². The molecule has 0 aliphatic carbocycles. The number of hydrogen-bond acceptors (Lipinski definition) is 4. The number of alkyl halides is 3. The van der Waals surface area contributed by atoms with Crippen molar-refractivity contribution in [3.05, 3.63) is 29.8 Å². The van der Waals surface area contributed by atoms with Crippen LogP contribution in [-0.4, -0.2) is 43.6 Å². The summed E-state index contributed by atoms with van der Waals surface area (Å²) in [6.07, 6.45) is -4.63. The van der Waals surface area contributed by atoms with E-state index in [1.165, 1.54) is 12.1 Å². The lowest BCUT2D eigenvalue weighted by Crippen LogP contribution is -2.45. The SMILES string of the molecule is NCC1CN(Cc2ccc(OC(F)(F)F)cc2)CCO1. The van der Waals surface area contributed by atoms with E-state index in [0.29, 0.717) is 19.7 Å². The predicted molar refractivity (Wildman–Crippen MR) is 67.2 cm³/mol. The van der Waals surface area contributed by atoms with Crippen molar-refractivity contribution < 1.29 is 22.6 Å². The second kappa shape index (κ2) is 6.43. The molecule has 1 aromatic rings. The van der Waals surface area contributed by atoms with Crippen LogP contribution in [0.3, 0.4) is 0 Å². The summed E-state index contributed by atoms with van der Waals surface area (Å²) in [4.78, 5) is 2.17. The van der Waals surface area contributed by atoms with Gasteiger partial charge in [0.05, 0.1) is 12.7 Å². The third-order valence-electron chi connectivity index (χ3n) is 3.05. The molecule has 2 rings (SSSR count). The first kappa shape index (κ1) is 15.1. The highest BCUT2D eigenvalue weighted by molar-refractivity contribution is 5.27. The van der Waals surface area contributed by atoms with Crippen molar-refractivity contribution in [2.24, 2.45) is 5.73 Å². The Morgan fingerprint density at radius 2 is 2.00 bits per heavy atom. The average Bonchev–Trinajstić information content (AvgIpc) is 2.40. The Bertz CT molecular complexity index is 423. The molecule has 20 heavy (non-hydrogen) atoms. The number of benzene rings is 1. The second-order valence-electron chi connectivity index (χ2n) is 4.66. The molecule has 1 fully saturated rings. The molecule has 1 atom stereocenters. The van der Waals surface area contributed by atoms with Gasteiger partial charge in [0.15, 0.2) is 0 Å². The van der Waals surface area contributed by atoms with E-state index in [-0.39, 0.29) is 11.9 Å². The summed E-state index contributed by atoms with van der Waals surface area (Å²) >= 11 is 0. The molecule has 2 N–H and O–H groups in total. The fourth-order valence-electron chi connectivity index (χ4n) is 2.12. The molecule has 0 radical (unpaired) electrons. The number of nitrogens with two attached hydrogens (primary N) is 1. The number of halogens is 3. The lowest BCUT2D eigenvalue weighted by atomic mass is 10.2. The number of ether oxygens (including phenoxy) is 2. The van der Waals surface area contributed by atoms with Gasteiger partial charge in [-0.15, -0.1) is 13.2 Å². The number of morpholine rings is 1. The summed E-state index contributed by atoms with van der Waals surface area (Å²) in [5.74, 6) is -0.205. The van der Waals surface area contributed by atoms with Gasteiger partial charge in [-0.25, -0.2) is 0 Å². The van der Waals surface area contributed by atoms with Gasteiger partial charge in [0.1, 0.15) is 5.75 Å². The van der Waals surface area contributed by atoms with Crippen LogP contribution >= 0.6 is 0 Å². The smallest absolute Gasteiger partial charge is 0.406 e. The van der Waals surface area contributed by atoms with Crippen LogP contribution in [-0.2, 0) is 11.3 Å². The molecule has 0 bridgehead atoms. The quantitative estimate of drug-likeness (QED) is 0.917. The van der Waals surface area contributed by atoms with E-state index in [0.717, 1.165) is 18.7 Å². The van der Waals surface area contributed by atoms with Crippen LogP contribution in [0.25, 0.3) is 0 Å². The lowest BCUT2D eigenvalue weighted by Gasteiger charge is -2.32. The maximum Gasteiger partial charge on any atom is 0.573 e. The Balaban J connectivity index is 1.90. The molecule has 1 saturated heterocycles. The van der Waals surface area contributed by atoms with E-state index >= 15 is 0 Å². The third-order valence-corrected chi connectivity index (χ3v) is 3.05. The Labute approximate surface area is 115 Å². The van der Waals surface area contributed by atoms with Crippen LogP contribution in [0.1, 0.15) is 5.56 Å². The average molecular weight is 290 g/mol. The van der Waals surface area contributed by atoms with E-state index in [1.54, 1.807) is 12.1 Å². The van der Waals surface area contributed by atoms with Crippen molar-refractivity contribution in [2.45, 2.75) is 19.0 Å². The third kappa shape index (κ3) is 4.66. The van der Waals surface area contributed by atoms with Crippen LogP contribution in [0.15, 0.2) is 24.3 Å². The largest absolute Gasteiger partial charge is 0.573 e. The van der Waals surface area contributed by atoms with Crippen LogP contribution in [0, 0.1) is 0 Å². The van der Waals surface area contributed by atoms with Crippen molar-refractivity contribution in [1.82, 2.24) is 4.90 Å². The fourth-order valence-corrected chi connectivity index (χ4v) is 2.12. The van der Waals surface area contributed by atoms with Crippen LogP contribution < -0.4 is 10.5 Å². The van der Waals surface area contributed by atoms with Crippen molar-refractivity contribution in [2.75, 3.05) is 26.2 Å². The summed E-state index contributed by atoms with van der Waals surface area (Å²) in [5, 5.41) is 0. The predicted octanol–water partition coefficient (Wildman–Crippen LogP) is 1.74. The van der Waals surface area contributed by atoms with E-state index < -0.39 is 6.36 Å². The Morgan fingerprint density at radius 3 is 2.60 bits per heavy atom. The molecule has 4 nitrogen and oxygen atoms in total. The fraction of sp³-hybridized carbons (Fsp3) is 0.538. The molecule has 1 unspecified atom stereocenters. The summed E-state index contributed by atoms with van der Waals surface area (Å²) in [7, 11) is 0. The zero-order valence-electron chi connectivity index (χ0n) is 10.9. The summed E-state index contributed by atoms with van der Waals surface area (Å²) in [6.45, 7) is 3.27. The Kier molecular flexibility index (Phi) is 4.85. The molecule has 1 aliphatic rings. The summed E-state index contributed by atoms with van der Waals surface area (Å²) in [6, 6.07) is 5.91. The van der Waals surface area contributed by atoms with Gasteiger partial charge in [0.25, 0.3) is 0 Å². The van der Waals surface area contributed by atoms with Gasteiger partial charge in [0, 0.05) is 26.2 Å². The van der Waals surface area contributed by atoms with Gasteiger partial charge in [0.2, 0.25) is 0 Å². The van der Waals surface area contributed by atoms with Gasteiger partial charge in [-0.05, 0) is 17.7 Å². The molecule has 1 aliphatic heterocycles. The summed E-state index contributed by atoms with van der Waals surface area (Å²) < 4.78 is 45.4. The first-order chi connectivity index (χ1) is 9.46. The zero-order chi connectivity index (χ0) is 14.6. The molecule has 0 spiro atoms.